The van der Waals surface area contributed by atoms with Crippen molar-refractivity contribution in [1.29, 1.82) is 0 Å². The van der Waals surface area contributed by atoms with Gasteiger partial charge in [0.1, 0.15) is 0 Å². The van der Waals surface area contributed by atoms with E-state index in [2.05, 4.69) is 40.3 Å². The SMILES string of the molecule is CC(Cc1ccc(Br)cc1)NC(=O)C1CCCC(N)C1. The van der Waals surface area contributed by atoms with Crippen LogP contribution in [0.3, 0.4) is 0 Å². The van der Waals surface area contributed by atoms with Crippen molar-refractivity contribution in [1.82, 2.24) is 5.32 Å². The zero-order chi connectivity index (χ0) is 14.5. The van der Waals surface area contributed by atoms with E-state index in [4.69, 9.17) is 5.73 Å². The average molecular weight is 339 g/mol. The Balaban J connectivity index is 1.82. The molecule has 3 nitrogen and oxygen atoms in total. The molecule has 1 aromatic rings. The maximum absolute atomic E-state index is 12.2. The first-order valence-electron chi connectivity index (χ1n) is 7.35. The topological polar surface area (TPSA) is 55.1 Å². The van der Waals surface area contributed by atoms with Crippen LogP contribution in [0.15, 0.2) is 28.7 Å². The van der Waals surface area contributed by atoms with Gasteiger partial charge in [0.25, 0.3) is 0 Å². The molecule has 3 atom stereocenters. The fraction of sp³-hybridized carbons (Fsp3) is 0.562. The number of carbonyl (C=O) groups is 1. The van der Waals surface area contributed by atoms with Gasteiger partial charge in [0.15, 0.2) is 0 Å². The summed E-state index contributed by atoms with van der Waals surface area (Å²) in [6, 6.07) is 8.59. The predicted molar refractivity (Wildman–Crippen MR) is 85.4 cm³/mol. The van der Waals surface area contributed by atoms with Gasteiger partial charge in [-0.1, -0.05) is 34.5 Å². The zero-order valence-electron chi connectivity index (χ0n) is 11.9. The number of nitrogens with one attached hydrogen (secondary N) is 1. The molecule has 20 heavy (non-hydrogen) atoms. The summed E-state index contributed by atoms with van der Waals surface area (Å²) in [5, 5.41) is 3.13. The first-order valence-corrected chi connectivity index (χ1v) is 8.14. The van der Waals surface area contributed by atoms with E-state index >= 15 is 0 Å². The zero-order valence-corrected chi connectivity index (χ0v) is 13.5. The standard InChI is InChI=1S/C16H23BrN2O/c1-11(9-12-5-7-14(17)8-6-12)19-16(20)13-3-2-4-15(18)10-13/h5-8,11,13,15H,2-4,9-10,18H2,1H3,(H,19,20). The fourth-order valence-corrected chi connectivity index (χ4v) is 3.12. The van der Waals surface area contributed by atoms with Crippen LogP contribution in [-0.4, -0.2) is 18.0 Å². The van der Waals surface area contributed by atoms with E-state index in [1.807, 2.05) is 12.1 Å². The molecule has 3 unspecified atom stereocenters. The number of amides is 1. The highest BCUT2D eigenvalue weighted by Crippen LogP contribution is 2.23. The lowest BCUT2D eigenvalue weighted by Crippen LogP contribution is -2.42. The molecule has 0 bridgehead atoms. The Morgan fingerprint density at radius 1 is 1.40 bits per heavy atom. The quantitative estimate of drug-likeness (QED) is 0.886. The summed E-state index contributed by atoms with van der Waals surface area (Å²) in [7, 11) is 0. The van der Waals surface area contributed by atoms with E-state index < -0.39 is 0 Å². The average Bonchev–Trinajstić information content (AvgIpc) is 2.41. The van der Waals surface area contributed by atoms with E-state index in [1.54, 1.807) is 0 Å². The molecule has 1 aliphatic rings. The lowest BCUT2D eigenvalue weighted by Gasteiger charge is -2.27. The van der Waals surface area contributed by atoms with Crippen LogP contribution in [0.1, 0.15) is 38.2 Å². The van der Waals surface area contributed by atoms with Gasteiger partial charge in [0.2, 0.25) is 5.91 Å². The Labute approximate surface area is 129 Å². The molecular weight excluding hydrogens is 316 g/mol. The number of carbonyl (C=O) groups excluding carboxylic acids is 1. The highest BCUT2D eigenvalue weighted by Gasteiger charge is 2.25. The lowest BCUT2D eigenvalue weighted by molar-refractivity contribution is -0.126. The molecule has 1 amide bonds. The Morgan fingerprint density at radius 2 is 2.10 bits per heavy atom. The van der Waals surface area contributed by atoms with Gasteiger partial charge in [0.05, 0.1) is 0 Å². The third-order valence-electron chi connectivity index (χ3n) is 3.93. The van der Waals surface area contributed by atoms with Crippen molar-refractivity contribution in [3.63, 3.8) is 0 Å². The largest absolute Gasteiger partial charge is 0.353 e. The summed E-state index contributed by atoms with van der Waals surface area (Å²) in [5.74, 6) is 0.274. The van der Waals surface area contributed by atoms with Gasteiger partial charge < -0.3 is 11.1 Å². The molecule has 1 fully saturated rings. The van der Waals surface area contributed by atoms with Gasteiger partial charge in [0, 0.05) is 22.5 Å². The molecule has 2 rings (SSSR count). The Kier molecular flexibility index (Phi) is 5.61. The minimum atomic E-state index is 0.103. The molecule has 1 aromatic carbocycles. The van der Waals surface area contributed by atoms with Gasteiger partial charge in [-0.2, -0.15) is 0 Å². The molecule has 0 saturated heterocycles. The summed E-state index contributed by atoms with van der Waals surface area (Å²) < 4.78 is 1.08. The van der Waals surface area contributed by atoms with Gasteiger partial charge in [-0.15, -0.1) is 0 Å². The van der Waals surface area contributed by atoms with Gasteiger partial charge in [-0.05, 0) is 50.3 Å². The number of hydrogen-bond donors (Lipinski definition) is 2. The third kappa shape index (κ3) is 4.60. The van der Waals surface area contributed by atoms with E-state index in [0.717, 1.165) is 36.6 Å². The van der Waals surface area contributed by atoms with Crippen LogP contribution in [0.2, 0.25) is 0 Å². The molecule has 0 aliphatic heterocycles. The van der Waals surface area contributed by atoms with Gasteiger partial charge in [-0.25, -0.2) is 0 Å². The van der Waals surface area contributed by atoms with E-state index in [9.17, 15) is 4.79 Å². The molecule has 110 valence electrons. The van der Waals surface area contributed by atoms with Crippen molar-refractivity contribution in [2.75, 3.05) is 0 Å². The highest BCUT2D eigenvalue weighted by atomic mass is 79.9. The second-order valence-electron chi connectivity index (χ2n) is 5.86. The van der Waals surface area contributed by atoms with Crippen molar-refractivity contribution in [3.05, 3.63) is 34.3 Å². The molecule has 1 aliphatic carbocycles. The maximum atomic E-state index is 12.2. The molecule has 0 aromatic heterocycles. The normalized spacial score (nSPS) is 24.1. The summed E-state index contributed by atoms with van der Waals surface area (Å²) in [5.41, 5.74) is 7.18. The highest BCUT2D eigenvalue weighted by molar-refractivity contribution is 9.10. The van der Waals surface area contributed by atoms with Gasteiger partial charge in [-0.3, -0.25) is 4.79 Å². The number of rotatable bonds is 4. The van der Waals surface area contributed by atoms with Crippen molar-refractivity contribution in [3.8, 4) is 0 Å². The molecular formula is C16H23BrN2O. The number of nitrogens with two attached hydrogens (primary N) is 1. The number of benzene rings is 1. The maximum Gasteiger partial charge on any atom is 0.223 e. The van der Waals surface area contributed by atoms with Crippen LogP contribution >= 0.6 is 15.9 Å². The van der Waals surface area contributed by atoms with E-state index in [0.29, 0.717) is 0 Å². The third-order valence-corrected chi connectivity index (χ3v) is 4.46. The Hall–Kier alpha value is -0.870. The van der Waals surface area contributed by atoms with Crippen LogP contribution in [0, 0.1) is 5.92 Å². The van der Waals surface area contributed by atoms with Crippen LogP contribution in [-0.2, 0) is 11.2 Å². The van der Waals surface area contributed by atoms with Crippen LogP contribution in [0.5, 0.6) is 0 Å². The lowest BCUT2D eigenvalue weighted by atomic mass is 9.85. The van der Waals surface area contributed by atoms with Crippen molar-refractivity contribution in [2.45, 2.75) is 51.1 Å². The van der Waals surface area contributed by atoms with Crippen LogP contribution in [0.4, 0.5) is 0 Å². The summed E-state index contributed by atoms with van der Waals surface area (Å²) in [6.45, 7) is 2.06. The monoisotopic (exact) mass is 338 g/mol. The smallest absolute Gasteiger partial charge is 0.223 e. The molecule has 1 saturated carbocycles. The van der Waals surface area contributed by atoms with Crippen molar-refractivity contribution >= 4 is 21.8 Å². The minimum Gasteiger partial charge on any atom is -0.353 e. The van der Waals surface area contributed by atoms with Crippen molar-refractivity contribution in [2.24, 2.45) is 11.7 Å². The summed E-state index contributed by atoms with van der Waals surface area (Å²) in [4.78, 5) is 12.2. The second-order valence-corrected chi connectivity index (χ2v) is 6.78. The first kappa shape index (κ1) is 15.5. The summed E-state index contributed by atoms with van der Waals surface area (Å²) >= 11 is 3.43. The number of hydrogen-bond acceptors (Lipinski definition) is 2. The van der Waals surface area contributed by atoms with Gasteiger partial charge >= 0.3 is 0 Å². The Bertz CT molecular complexity index is 446. The van der Waals surface area contributed by atoms with E-state index in [-0.39, 0.29) is 23.9 Å². The number of halogens is 1. The predicted octanol–water partition coefficient (Wildman–Crippen LogP) is 3.01. The second kappa shape index (κ2) is 7.23. The fourth-order valence-electron chi connectivity index (χ4n) is 2.85. The first-order chi connectivity index (χ1) is 9.54. The van der Waals surface area contributed by atoms with Crippen LogP contribution < -0.4 is 11.1 Å². The minimum absolute atomic E-state index is 0.103. The van der Waals surface area contributed by atoms with Crippen molar-refractivity contribution < 1.29 is 4.79 Å². The molecule has 0 radical (unpaired) electrons. The molecule has 3 N–H and O–H groups in total. The van der Waals surface area contributed by atoms with Crippen LogP contribution in [0.25, 0.3) is 0 Å². The molecule has 0 spiro atoms. The van der Waals surface area contributed by atoms with E-state index in [1.165, 1.54) is 5.56 Å². The Morgan fingerprint density at radius 3 is 2.75 bits per heavy atom. The molecule has 0 heterocycles. The summed E-state index contributed by atoms with van der Waals surface area (Å²) in [6.07, 6.45) is 4.79. The molecule has 4 heteroatoms.